The molecular weight excluding hydrogens is 485 g/mol. The third-order valence-electron chi connectivity index (χ3n) is 6.50. The minimum atomic E-state index is -0.698. The van der Waals surface area contributed by atoms with Gasteiger partial charge in [0.2, 0.25) is 5.75 Å². The summed E-state index contributed by atoms with van der Waals surface area (Å²) in [6.45, 7) is 5.64. The van der Waals surface area contributed by atoms with Gasteiger partial charge in [-0.1, -0.05) is 11.6 Å². The molecule has 10 heteroatoms. The van der Waals surface area contributed by atoms with E-state index in [4.69, 9.17) is 31.2 Å². The number of nitrogens with zero attached hydrogens (tertiary/aromatic N) is 4. The number of halogens is 2. The first-order valence-electron chi connectivity index (χ1n) is 11.6. The Balaban J connectivity index is 1.45. The van der Waals surface area contributed by atoms with Gasteiger partial charge >= 0.3 is 0 Å². The van der Waals surface area contributed by atoms with E-state index in [0.29, 0.717) is 16.9 Å². The smallest absolute Gasteiger partial charge is 0.205 e. The summed E-state index contributed by atoms with van der Waals surface area (Å²) in [6.07, 6.45) is 4.40. The van der Waals surface area contributed by atoms with Gasteiger partial charge in [-0.05, 0) is 38.2 Å². The molecular formula is C26H27ClFN5O3. The van der Waals surface area contributed by atoms with Crippen molar-refractivity contribution < 1.29 is 18.3 Å². The number of nitrogens with two attached hydrogens (primary N) is 1. The average molecular weight is 512 g/mol. The fourth-order valence-corrected chi connectivity index (χ4v) is 4.74. The van der Waals surface area contributed by atoms with Gasteiger partial charge in [-0.15, -0.1) is 0 Å². The third-order valence-corrected chi connectivity index (χ3v) is 6.89. The van der Waals surface area contributed by atoms with Crippen molar-refractivity contribution >= 4 is 34.2 Å². The highest BCUT2D eigenvalue weighted by Crippen LogP contribution is 2.42. The Morgan fingerprint density at radius 1 is 1.11 bits per heavy atom. The largest absolute Gasteiger partial charge is 0.496 e. The molecule has 1 unspecified atom stereocenters. The second-order valence-electron chi connectivity index (χ2n) is 8.80. The molecule has 0 spiro atoms. The Morgan fingerprint density at radius 2 is 1.89 bits per heavy atom. The molecule has 4 aromatic rings. The summed E-state index contributed by atoms with van der Waals surface area (Å²) in [5, 5.41) is 0.644. The predicted molar refractivity (Wildman–Crippen MR) is 138 cm³/mol. The van der Waals surface area contributed by atoms with Crippen molar-refractivity contribution in [2.24, 2.45) is 0 Å². The van der Waals surface area contributed by atoms with Gasteiger partial charge in [-0.2, -0.15) is 0 Å². The summed E-state index contributed by atoms with van der Waals surface area (Å²) in [4.78, 5) is 13.6. The number of anilines is 2. The van der Waals surface area contributed by atoms with E-state index in [1.807, 2.05) is 18.3 Å². The number of likely N-dealkylation sites (N-methyl/N-ethyl adjacent to an activating group) is 1. The van der Waals surface area contributed by atoms with Crippen molar-refractivity contribution in [2.75, 3.05) is 51.0 Å². The molecule has 0 aliphatic carbocycles. The number of hydrogen-bond donors (Lipinski definition) is 1. The molecule has 1 fully saturated rings. The van der Waals surface area contributed by atoms with Crippen LogP contribution in [0.15, 0.2) is 47.3 Å². The maximum absolute atomic E-state index is 14.2. The molecule has 1 aliphatic rings. The normalized spacial score (nSPS) is 15.3. The lowest BCUT2D eigenvalue weighted by atomic mass is 10.1. The summed E-state index contributed by atoms with van der Waals surface area (Å²) in [6, 6.07) is 6.78. The Bertz CT molecular complexity index is 1390. The molecule has 0 bridgehead atoms. The summed E-state index contributed by atoms with van der Waals surface area (Å²) >= 11 is 6.24. The van der Waals surface area contributed by atoms with Gasteiger partial charge in [-0.3, -0.25) is 0 Å². The van der Waals surface area contributed by atoms with E-state index in [9.17, 15) is 4.39 Å². The number of furan rings is 1. The van der Waals surface area contributed by atoms with E-state index in [2.05, 4.69) is 26.8 Å². The Hall–Kier alpha value is -3.56. The zero-order chi connectivity index (χ0) is 25.4. The number of ether oxygens (including phenoxy) is 2. The van der Waals surface area contributed by atoms with Gasteiger partial charge in [0, 0.05) is 49.7 Å². The standard InChI is InChI=1S/C26H27ClFN5O3/c1-15(22-20(34-3)6-5-19(28)23(22)27)36-25-24-17(13-31-26(25)29)18(14-35-24)16-4-7-21(30-12-16)33-10-8-32(2)9-11-33/h4-7,12-15H,8-11H2,1-3H3,(H2,29,31). The van der Waals surface area contributed by atoms with Crippen LogP contribution in [0.2, 0.25) is 5.02 Å². The van der Waals surface area contributed by atoms with Gasteiger partial charge in [-0.25, -0.2) is 14.4 Å². The second-order valence-corrected chi connectivity index (χ2v) is 9.18. The maximum atomic E-state index is 14.2. The number of rotatable bonds is 6. The summed E-state index contributed by atoms with van der Waals surface area (Å²) in [7, 11) is 3.61. The molecule has 188 valence electrons. The van der Waals surface area contributed by atoms with E-state index in [1.54, 1.807) is 19.4 Å². The highest BCUT2D eigenvalue weighted by Gasteiger charge is 2.24. The van der Waals surface area contributed by atoms with Crippen molar-refractivity contribution in [3.8, 4) is 22.6 Å². The molecule has 5 rings (SSSR count). The first kappa shape index (κ1) is 24.1. The molecule has 1 saturated heterocycles. The Labute approximate surface area is 213 Å². The molecule has 3 aromatic heterocycles. The molecule has 0 radical (unpaired) electrons. The first-order chi connectivity index (χ1) is 17.4. The summed E-state index contributed by atoms with van der Waals surface area (Å²) in [5.41, 5.74) is 8.65. The molecule has 8 nitrogen and oxygen atoms in total. The van der Waals surface area contributed by atoms with Crippen molar-refractivity contribution in [3.63, 3.8) is 0 Å². The Morgan fingerprint density at radius 3 is 2.58 bits per heavy atom. The third kappa shape index (κ3) is 4.40. The van der Waals surface area contributed by atoms with Crippen LogP contribution < -0.4 is 20.1 Å². The van der Waals surface area contributed by atoms with Gasteiger partial charge in [0.05, 0.1) is 29.3 Å². The molecule has 1 atom stereocenters. The first-order valence-corrected chi connectivity index (χ1v) is 12.0. The van der Waals surface area contributed by atoms with Gasteiger partial charge < -0.3 is 29.4 Å². The van der Waals surface area contributed by atoms with Crippen molar-refractivity contribution in [1.29, 1.82) is 0 Å². The van der Waals surface area contributed by atoms with Crippen molar-refractivity contribution in [3.05, 3.63) is 59.3 Å². The van der Waals surface area contributed by atoms with Gasteiger partial charge in [0.15, 0.2) is 11.4 Å². The SMILES string of the molecule is COc1ccc(F)c(Cl)c1C(C)Oc1c(N)ncc2c(-c3ccc(N4CCN(C)CC4)nc3)coc12. The van der Waals surface area contributed by atoms with Crippen LogP contribution in [0, 0.1) is 5.82 Å². The number of aromatic nitrogens is 2. The fraction of sp³-hybridized carbons (Fsp3) is 0.308. The molecule has 0 saturated carbocycles. The minimum Gasteiger partial charge on any atom is -0.496 e. The monoisotopic (exact) mass is 511 g/mol. The number of fused-ring (bicyclic) bond motifs is 1. The van der Waals surface area contributed by atoms with E-state index < -0.39 is 11.9 Å². The average Bonchev–Trinajstić information content (AvgIpc) is 3.32. The van der Waals surface area contributed by atoms with Crippen LogP contribution in [0.1, 0.15) is 18.6 Å². The van der Waals surface area contributed by atoms with Crippen LogP contribution in [0.25, 0.3) is 22.1 Å². The van der Waals surface area contributed by atoms with E-state index in [-0.39, 0.29) is 16.6 Å². The fourth-order valence-electron chi connectivity index (χ4n) is 4.43. The quantitative estimate of drug-likeness (QED) is 0.379. The Kier molecular flexibility index (Phi) is 6.59. The zero-order valence-corrected chi connectivity index (χ0v) is 21.1. The van der Waals surface area contributed by atoms with Gasteiger partial charge in [0.1, 0.15) is 23.5 Å². The van der Waals surface area contributed by atoms with Crippen LogP contribution in [0.3, 0.4) is 0 Å². The number of piperazine rings is 1. The summed E-state index contributed by atoms with van der Waals surface area (Å²) in [5.74, 6) is 1.17. The van der Waals surface area contributed by atoms with Crippen molar-refractivity contribution in [1.82, 2.24) is 14.9 Å². The highest BCUT2D eigenvalue weighted by molar-refractivity contribution is 6.31. The topological polar surface area (TPSA) is 89.9 Å². The van der Waals surface area contributed by atoms with Crippen LogP contribution in [-0.2, 0) is 0 Å². The van der Waals surface area contributed by atoms with Crippen LogP contribution in [0.5, 0.6) is 11.5 Å². The van der Waals surface area contributed by atoms with Crippen LogP contribution >= 0.6 is 11.6 Å². The van der Waals surface area contributed by atoms with E-state index in [0.717, 1.165) is 48.5 Å². The molecule has 2 N–H and O–H groups in total. The lowest BCUT2D eigenvalue weighted by Crippen LogP contribution is -2.44. The molecule has 0 amide bonds. The molecule has 1 aromatic carbocycles. The predicted octanol–water partition coefficient (Wildman–Crippen LogP) is 5.16. The molecule has 36 heavy (non-hydrogen) atoms. The zero-order valence-electron chi connectivity index (χ0n) is 20.3. The van der Waals surface area contributed by atoms with Crippen molar-refractivity contribution in [2.45, 2.75) is 13.0 Å². The molecule has 4 heterocycles. The maximum Gasteiger partial charge on any atom is 0.205 e. The lowest BCUT2D eigenvalue weighted by molar-refractivity contribution is 0.221. The second kappa shape index (κ2) is 9.83. The van der Waals surface area contributed by atoms with Crippen LogP contribution in [-0.4, -0.2) is 55.2 Å². The lowest BCUT2D eigenvalue weighted by Gasteiger charge is -2.33. The van der Waals surface area contributed by atoms with Gasteiger partial charge in [0.25, 0.3) is 0 Å². The molecule has 1 aliphatic heterocycles. The van der Waals surface area contributed by atoms with E-state index >= 15 is 0 Å². The number of benzene rings is 1. The number of methoxy groups -OCH3 is 1. The highest BCUT2D eigenvalue weighted by atomic mass is 35.5. The number of pyridine rings is 2. The summed E-state index contributed by atoms with van der Waals surface area (Å²) < 4.78 is 31.6. The minimum absolute atomic E-state index is 0.0767. The number of nitrogen functional groups attached to an aromatic ring is 1. The number of hydrogen-bond acceptors (Lipinski definition) is 8. The van der Waals surface area contributed by atoms with E-state index in [1.165, 1.54) is 19.2 Å². The van der Waals surface area contributed by atoms with Crippen LogP contribution in [0.4, 0.5) is 16.0 Å².